The van der Waals surface area contributed by atoms with Crippen LogP contribution in [-0.2, 0) is 41.1 Å². The lowest BCUT2D eigenvalue weighted by molar-refractivity contribution is -0.120. The predicted octanol–water partition coefficient (Wildman–Crippen LogP) is 0.537. The first-order valence-electron chi connectivity index (χ1n) is 16.5. The van der Waals surface area contributed by atoms with Gasteiger partial charge in [0.05, 0.1) is 18.6 Å². The van der Waals surface area contributed by atoms with Crippen LogP contribution in [0.15, 0.2) is 40.0 Å². The lowest BCUT2D eigenvalue weighted by Crippen LogP contribution is -2.42. The fourth-order valence-electron chi connectivity index (χ4n) is 5.75. The van der Waals surface area contributed by atoms with Gasteiger partial charge in [-0.05, 0) is 50.1 Å². The number of amides is 2. The minimum atomic E-state index is -5.90. The third-order valence-electron chi connectivity index (χ3n) is 8.09. The SMILES string of the molecule is Cc1cc(C)n(B(F)F)c1/C=C1/C=CC(CCC(=O)NCCNC(=O)O[C@H]2[C@@H](O)[C@H](n3cnc4c(=O)[nH]c(N)nc43)O[C@@H]2COP(=O)(O)OP(=O)(O)OP(=O)(O)O)=N1. The van der Waals surface area contributed by atoms with Crippen LogP contribution < -0.4 is 21.9 Å². The normalized spacial score (nSPS) is 22.2. The molecule has 2 amide bonds. The van der Waals surface area contributed by atoms with E-state index in [0.717, 1.165) is 15.4 Å². The van der Waals surface area contributed by atoms with E-state index in [2.05, 4.69) is 43.7 Å². The molecule has 6 atom stereocenters. The molecule has 0 aliphatic carbocycles. The number of hydrogen-bond donors (Lipinski definition) is 9. The van der Waals surface area contributed by atoms with Crippen LogP contribution in [0.4, 0.5) is 19.4 Å². The van der Waals surface area contributed by atoms with Crippen molar-refractivity contribution in [3.05, 3.63) is 57.5 Å². The molecule has 316 valence electrons. The number of rotatable bonds is 17. The molecule has 58 heavy (non-hydrogen) atoms. The number of aromatic amines is 1. The van der Waals surface area contributed by atoms with Crippen molar-refractivity contribution in [2.75, 3.05) is 25.4 Å². The third kappa shape index (κ3) is 11.4. The highest BCUT2D eigenvalue weighted by atomic mass is 31.3. The predicted molar refractivity (Wildman–Crippen MR) is 195 cm³/mol. The van der Waals surface area contributed by atoms with Gasteiger partial charge < -0.3 is 55.0 Å². The Morgan fingerprint density at radius 3 is 2.50 bits per heavy atom. The number of imidazole rings is 1. The smallest absolute Gasteiger partial charge is 0.440 e. The fraction of sp³-hybridized carbons (Fsp3) is 0.407. The summed E-state index contributed by atoms with van der Waals surface area (Å²) in [5.74, 6) is -0.788. The number of allylic oxidation sites excluding steroid dienone is 2. The maximum absolute atomic E-state index is 13.5. The molecule has 0 bridgehead atoms. The van der Waals surface area contributed by atoms with Gasteiger partial charge in [-0.1, -0.05) is 0 Å². The van der Waals surface area contributed by atoms with Gasteiger partial charge in [0.15, 0.2) is 23.5 Å². The Balaban J connectivity index is 1.17. The maximum Gasteiger partial charge on any atom is 0.677 e. The number of aryl methyl sites for hydroxylation is 2. The number of fused-ring (bicyclic) bond motifs is 1. The number of phosphoric ester groups is 1. The van der Waals surface area contributed by atoms with Crippen LogP contribution in [0.5, 0.6) is 0 Å². The first-order valence-corrected chi connectivity index (χ1v) is 21.0. The number of anilines is 1. The number of carbonyl (C=O) groups is 2. The molecule has 3 aromatic rings. The number of hydrogen-bond acceptors (Lipinski definition) is 16. The molecule has 3 aromatic heterocycles. The summed E-state index contributed by atoms with van der Waals surface area (Å²) in [5, 5.41) is 16.0. The summed E-state index contributed by atoms with van der Waals surface area (Å²) in [4.78, 5) is 88.8. The van der Waals surface area contributed by atoms with Gasteiger partial charge >= 0.3 is 37.0 Å². The lowest BCUT2D eigenvalue weighted by atomic mass is 10.1. The maximum atomic E-state index is 13.5. The average Bonchev–Trinajstić information content (AvgIpc) is 3.85. The van der Waals surface area contributed by atoms with Gasteiger partial charge in [-0.3, -0.25) is 37.3 Å². The van der Waals surface area contributed by atoms with Crippen LogP contribution in [0.2, 0.25) is 0 Å². The molecule has 10 N–H and O–H groups in total. The van der Waals surface area contributed by atoms with Crippen LogP contribution in [0.25, 0.3) is 17.2 Å². The highest BCUT2D eigenvalue weighted by molar-refractivity contribution is 7.66. The Bertz CT molecular complexity index is 2370. The second kappa shape index (κ2) is 17.8. The zero-order valence-electron chi connectivity index (χ0n) is 29.9. The molecule has 0 spiro atoms. The molecular formula is C27H35BF2N9O16P3. The molecule has 25 nitrogen and oxygen atoms in total. The minimum absolute atomic E-state index is 0.0218. The highest BCUT2D eigenvalue weighted by Crippen LogP contribution is 2.66. The molecule has 2 unspecified atom stereocenters. The number of aliphatic imine (C=N–C) groups is 1. The van der Waals surface area contributed by atoms with Crippen molar-refractivity contribution in [3.8, 4) is 0 Å². The fourth-order valence-corrected chi connectivity index (χ4v) is 8.78. The number of alkyl carbamates (subject to hydrolysis) is 1. The van der Waals surface area contributed by atoms with Crippen molar-refractivity contribution in [2.45, 2.75) is 51.2 Å². The van der Waals surface area contributed by atoms with Crippen LogP contribution in [0.1, 0.15) is 36.0 Å². The van der Waals surface area contributed by atoms with Crippen LogP contribution in [0.3, 0.4) is 0 Å². The highest BCUT2D eigenvalue weighted by Gasteiger charge is 2.50. The van der Waals surface area contributed by atoms with Crippen molar-refractivity contribution < 1.29 is 79.2 Å². The number of nitrogen functional groups attached to an aromatic ring is 1. The monoisotopic (exact) mass is 883 g/mol. The number of aliphatic hydroxyl groups is 1. The summed E-state index contributed by atoms with van der Waals surface area (Å²) in [6, 6.07) is 1.63. The third-order valence-corrected chi connectivity index (χ3v) is 11.9. The number of aromatic nitrogens is 5. The molecule has 5 heterocycles. The number of nitrogens with two attached hydrogens (primary N) is 1. The Hall–Kier alpha value is -4.43. The Morgan fingerprint density at radius 1 is 1.10 bits per heavy atom. The molecule has 1 saturated heterocycles. The van der Waals surface area contributed by atoms with Crippen LogP contribution in [0, 0.1) is 13.8 Å². The van der Waals surface area contributed by atoms with Gasteiger partial charge in [-0.2, -0.15) is 13.6 Å². The lowest BCUT2D eigenvalue weighted by Gasteiger charge is -2.22. The zero-order valence-corrected chi connectivity index (χ0v) is 32.6. The van der Waals surface area contributed by atoms with Crippen molar-refractivity contribution in [1.29, 1.82) is 0 Å². The van der Waals surface area contributed by atoms with Crippen molar-refractivity contribution >= 4 is 71.8 Å². The number of nitrogens with one attached hydrogen (secondary N) is 3. The van der Waals surface area contributed by atoms with Gasteiger partial charge in [0.2, 0.25) is 11.9 Å². The average molecular weight is 883 g/mol. The molecule has 2 aliphatic rings. The first kappa shape index (κ1) is 44.7. The van der Waals surface area contributed by atoms with E-state index < -0.39 is 79.6 Å². The summed E-state index contributed by atoms with van der Waals surface area (Å²) in [7, 11) is -20.0. The van der Waals surface area contributed by atoms with Crippen molar-refractivity contribution in [2.24, 2.45) is 4.99 Å². The summed E-state index contributed by atoms with van der Waals surface area (Å²) in [6.07, 6.45) is -2.19. The number of nitrogens with zero attached hydrogens (tertiary/aromatic N) is 5. The minimum Gasteiger partial charge on any atom is -0.440 e. The summed E-state index contributed by atoms with van der Waals surface area (Å²) in [6.45, 7) is 1.77. The van der Waals surface area contributed by atoms with Gasteiger partial charge in [0.25, 0.3) is 5.56 Å². The standard InChI is InChI=1S/C27H35BF2N9O16P3/c1-13-9-14(2)39(28(29)30)17(13)10-16-4-3-15(35-16)5-6-19(40)32-7-8-33-27(43)53-22-18(11-51-57(47,48)55-58(49,50)54-56(44,45)46)52-25(21(22)41)38-12-34-20-23(38)36-26(31)37-24(20)42/h3-4,9-10,12,18,21-22,25,41H,5-8,11H2,1-2H3,(H,32,40)(H,33,43)(H,47,48)(H,49,50)(H2,44,45,46)(H3,31,36,37,42)/b16-10-/t18-,21-,22-,25-/m1/s1. The second-order valence-electron chi connectivity index (χ2n) is 12.4. The van der Waals surface area contributed by atoms with E-state index in [9.17, 15) is 51.6 Å². The van der Waals surface area contributed by atoms with Crippen LogP contribution >= 0.6 is 23.5 Å². The summed E-state index contributed by atoms with van der Waals surface area (Å²) < 4.78 is 87.0. The van der Waals surface area contributed by atoms with Gasteiger partial charge in [0, 0.05) is 36.6 Å². The van der Waals surface area contributed by atoms with E-state index in [1.807, 2.05) is 0 Å². The number of halogens is 2. The van der Waals surface area contributed by atoms with Crippen LogP contribution in [-0.4, -0.2) is 112 Å². The Morgan fingerprint density at radius 2 is 1.81 bits per heavy atom. The van der Waals surface area contributed by atoms with E-state index in [4.69, 9.17) is 25.0 Å². The van der Waals surface area contributed by atoms with Gasteiger partial charge in [0.1, 0.15) is 12.2 Å². The Kier molecular flexibility index (Phi) is 13.7. The molecule has 0 saturated carbocycles. The zero-order chi connectivity index (χ0) is 42.7. The second-order valence-corrected chi connectivity index (χ2v) is 16.8. The summed E-state index contributed by atoms with van der Waals surface area (Å²) in [5.41, 5.74) is 6.69. The van der Waals surface area contributed by atoms with E-state index >= 15 is 0 Å². The molecule has 0 aromatic carbocycles. The number of phosphoric acid groups is 3. The molecule has 2 aliphatic heterocycles. The summed E-state index contributed by atoms with van der Waals surface area (Å²) >= 11 is 0. The van der Waals surface area contributed by atoms with E-state index in [1.165, 1.54) is 6.08 Å². The number of ether oxygens (including phenoxy) is 2. The molecular weight excluding hydrogens is 848 g/mol. The molecule has 5 rings (SSSR count). The quantitative estimate of drug-likeness (QED) is 0.0507. The molecule has 0 radical (unpaired) electrons. The Labute approximate surface area is 324 Å². The molecule has 1 fully saturated rings. The van der Waals surface area contributed by atoms with Crippen molar-refractivity contribution in [1.82, 2.24) is 34.6 Å². The van der Waals surface area contributed by atoms with Gasteiger partial charge in [-0.15, -0.1) is 0 Å². The largest absolute Gasteiger partial charge is 0.677 e. The van der Waals surface area contributed by atoms with Crippen molar-refractivity contribution in [3.63, 3.8) is 0 Å². The number of aliphatic hydroxyl groups excluding tert-OH is 1. The topological polar surface area (TPSA) is 364 Å². The number of carbonyl (C=O) groups excluding carboxylic acids is 2. The van der Waals surface area contributed by atoms with E-state index in [0.29, 0.717) is 28.4 Å². The first-order chi connectivity index (χ1) is 27.0. The number of H-pyrrole nitrogens is 1. The molecule has 31 heteroatoms. The van der Waals surface area contributed by atoms with E-state index in [1.54, 1.807) is 32.1 Å². The van der Waals surface area contributed by atoms with E-state index in [-0.39, 0.29) is 43.0 Å². The van der Waals surface area contributed by atoms with Gasteiger partial charge in [-0.25, -0.2) is 23.5 Å².